The molecule has 0 saturated carbocycles. The molecule has 1 atom stereocenters. The van der Waals surface area contributed by atoms with Crippen molar-refractivity contribution in [1.82, 2.24) is 4.90 Å². The van der Waals surface area contributed by atoms with Crippen LogP contribution in [-0.4, -0.2) is 23.5 Å². The summed E-state index contributed by atoms with van der Waals surface area (Å²) in [4.78, 5) is 14.9. The second-order valence-electron chi connectivity index (χ2n) is 6.77. The summed E-state index contributed by atoms with van der Waals surface area (Å²) in [7, 11) is 0. The molecule has 0 fully saturated rings. The molecule has 0 radical (unpaired) electrons. The Labute approximate surface area is 151 Å². The van der Waals surface area contributed by atoms with E-state index in [9.17, 15) is 4.79 Å². The van der Waals surface area contributed by atoms with Gasteiger partial charge in [-0.1, -0.05) is 74.5 Å². The quantitative estimate of drug-likeness (QED) is 0.622. The summed E-state index contributed by atoms with van der Waals surface area (Å²) in [5.74, 6) is 0.298. The van der Waals surface area contributed by atoms with Crippen LogP contribution in [0.5, 0.6) is 0 Å². The minimum atomic E-state index is -0.236. The third-order valence-electron chi connectivity index (χ3n) is 4.15. The first-order chi connectivity index (χ1) is 12.1. The molecule has 3 nitrogen and oxygen atoms in total. The average Bonchev–Trinajstić information content (AvgIpc) is 2.61. The van der Waals surface area contributed by atoms with E-state index in [1.807, 2.05) is 43.3 Å². The molecular weight excluding hydrogens is 310 g/mol. The van der Waals surface area contributed by atoms with Crippen LogP contribution in [-0.2, 0) is 22.6 Å². The molecule has 25 heavy (non-hydrogen) atoms. The van der Waals surface area contributed by atoms with E-state index in [2.05, 4.69) is 43.0 Å². The maximum atomic E-state index is 12.6. The summed E-state index contributed by atoms with van der Waals surface area (Å²) in [6.07, 6.45) is 0.790. The SMILES string of the molecule is CCOC(=O)[C@H](CC(C)C)N(Cc1ccccc1)Cc1ccccc1. The molecule has 0 N–H and O–H groups in total. The summed E-state index contributed by atoms with van der Waals surface area (Å²) < 4.78 is 5.38. The number of ether oxygens (including phenoxy) is 1. The van der Waals surface area contributed by atoms with E-state index in [0.29, 0.717) is 12.5 Å². The highest BCUT2D eigenvalue weighted by atomic mass is 16.5. The highest BCUT2D eigenvalue weighted by Crippen LogP contribution is 2.20. The van der Waals surface area contributed by atoms with Crippen LogP contribution in [0.25, 0.3) is 0 Å². The van der Waals surface area contributed by atoms with Gasteiger partial charge in [-0.3, -0.25) is 9.69 Å². The maximum absolute atomic E-state index is 12.6. The van der Waals surface area contributed by atoms with E-state index >= 15 is 0 Å². The van der Waals surface area contributed by atoms with Gasteiger partial charge in [-0.05, 0) is 30.4 Å². The maximum Gasteiger partial charge on any atom is 0.323 e. The Balaban J connectivity index is 2.26. The molecule has 0 aromatic heterocycles. The summed E-state index contributed by atoms with van der Waals surface area (Å²) in [6.45, 7) is 8.03. The first kappa shape index (κ1) is 19.2. The van der Waals surface area contributed by atoms with Crippen molar-refractivity contribution in [2.24, 2.45) is 5.92 Å². The molecule has 0 spiro atoms. The van der Waals surface area contributed by atoms with Crippen molar-refractivity contribution in [3.05, 3.63) is 71.8 Å². The Morgan fingerprint density at radius 2 is 1.40 bits per heavy atom. The van der Waals surface area contributed by atoms with Crippen LogP contribution in [0.4, 0.5) is 0 Å². The summed E-state index contributed by atoms with van der Waals surface area (Å²) in [6, 6.07) is 20.4. The smallest absolute Gasteiger partial charge is 0.323 e. The first-order valence-corrected chi connectivity index (χ1v) is 9.08. The van der Waals surface area contributed by atoms with Gasteiger partial charge < -0.3 is 4.74 Å². The lowest BCUT2D eigenvalue weighted by atomic mass is 10.0. The number of nitrogens with zero attached hydrogens (tertiary/aromatic N) is 1. The second-order valence-corrected chi connectivity index (χ2v) is 6.77. The molecule has 0 saturated heterocycles. The van der Waals surface area contributed by atoms with Gasteiger partial charge in [0.1, 0.15) is 6.04 Å². The fourth-order valence-electron chi connectivity index (χ4n) is 2.99. The van der Waals surface area contributed by atoms with Gasteiger partial charge in [0.05, 0.1) is 6.61 Å². The van der Waals surface area contributed by atoms with E-state index in [1.165, 1.54) is 11.1 Å². The lowest BCUT2D eigenvalue weighted by Gasteiger charge is -2.31. The Morgan fingerprint density at radius 1 is 0.920 bits per heavy atom. The summed E-state index contributed by atoms with van der Waals surface area (Å²) in [5, 5.41) is 0. The van der Waals surface area contributed by atoms with Gasteiger partial charge >= 0.3 is 5.97 Å². The number of hydrogen-bond acceptors (Lipinski definition) is 3. The zero-order valence-corrected chi connectivity index (χ0v) is 15.5. The molecule has 0 amide bonds. The molecule has 2 aromatic carbocycles. The van der Waals surface area contributed by atoms with Crippen molar-refractivity contribution in [3.63, 3.8) is 0 Å². The zero-order chi connectivity index (χ0) is 18.1. The van der Waals surface area contributed by atoms with Crippen LogP contribution in [0.1, 0.15) is 38.3 Å². The Bertz CT molecular complexity index is 583. The second kappa shape index (κ2) is 10.00. The van der Waals surface area contributed by atoms with Gasteiger partial charge in [0, 0.05) is 13.1 Å². The largest absolute Gasteiger partial charge is 0.465 e. The topological polar surface area (TPSA) is 29.5 Å². The molecule has 134 valence electrons. The normalized spacial score (nSPS) is 12.4. The highest BCUT2D eigenvalue weighted by Gasteiger charge is 2.28. The van der Waals surface area contributed by atoms with Crippen molar-refractivity contribution in [2.45, 2.75) is 46.3 Å². The van der Waals surface area contributed by atoms with Crippen LogP contribution in [0, 0.1) is 5.92 Å². The fraction of sp³-hybridized carbons (Fsp3) is 0.409. The van der Waals surface area contributed by atoms with E-state index in [-0.39, 0.29) is 12.0 Å². The molecular formula is C22H29NO2. The van der Waals surface area contributed by atoms with Gasteiger partial charge in [0.25, 0.3) is 0 Å². The van der Waals surface area contributed by atoms with Gasteiger partial charge in [-0.25, -0.2) is 0 Å². The monoisotopic (exact) mass is 339 g/mol. The number of carbonyl (C=O) groups excluding carboxylic acids is 1. The van der Waals surface area contributed by atoms with Gasteiger partial charge in [0.2, 0.25) is 0 Å². The molecule has 0 aliphatic heterocycles. The Hall–Kier alpha value is -2.13. The molecule has 2 aromatic rings. The Kier molecular flexibility index (Phi) is 7.68. The predicted octanol–water partition coefficient (Wildman–Crippen LogP) is 4.67. The van der Waals surface area contributed by atoms with E-state index in [0.717, 1.165) is 19.5 Å². The highest BCUT2D eigenvalue weighted by molar-refractivity contribution is 5.75. The van der Waals surface area contributed by atoms with E-state index in [4.69, 9.17) is 4.74 Å². The minimum Gasteiger partial charge on any atom is -0.465 e. The first-order valence-electron chi connectivity index (χ1n) is 9.08. The van der Waals surface area contributed by atoms with Crippen molar-refractivity contribution < 1.29 is 9.53 Å². The lowest BCUT2D eigenvalue weighted by molar-refractivity contribution is -0.150. The van der Waals surface area contributed by atoms with Crippen LogP contribution in [0.2, 0.25) is 0 Å². The summed E-state index contributed by atoms with van der Waals surface area (Å²) in [5.41, 5.74) is 2.41. The number of benzene rings is 2. The van der Waals surface area contributed by atoms with Gasteiger partial charge in [-0.2, -0.15) is 0 Å². The van der Waals surface area contributed by atoms with Gasteiger partial charge in [-0.15, -0.1) is 0 Å². The van der Waals surface area contributed by atoms with Crippen molar-refractivity contribution in [3.8, 4) is 0 Å². The molecule has 0 bridgehead atoms. The van der Waals surface area contributed by atoms with Crippen molar-refractivity contribution in [1.29, 1.82) is 0 Å². The lowest BCUT2D eigenvalue weighted by Crippen LogP contribution is -2.42. The minimum absolute atomic E-state index is 0.122. The third-order valence-corrected chi connectivity index (χ3v) is 4.15. The van der Waals surface area contributed by atoms with Crippen LogP contribution >= 0.6 is 0 Å². The molecule has 3 heteroatoms. The van der Waals surface area contributed by atoms with Crippen LogP contribution in [0.3, 0.4) is 0 Å². The molecule has 0 aliphatic rings. The number of esters is 1. The number of hydrogen-bond donors (Lipinski definition) is 0. The molecule has 0 heterocycles. The van der Waals surface area contributed by atoms with E-state index in [1.54, 1.807) is 0 Å². The molecule has 2 rings (SSSR count). The zero-order valence-electron chi connectivity index (χ0n) is 15.5. The molecule has 0 aliphatic carbocycles. The standard InChI is InChI=1S/C22H29NO2/c1-4-25-22(24)21(15-18(2)3)23(16-19-11-7-5-8-12-19)17-20-13-9-6-10-14-20/h5-14,18,21H,4,15-17H2,1-3H3/t21-/m0/s1. The predicted molar refractivity (Wildman–Crippen MR) is 102 cm³/mol. The number of rotatable bonds is 9. The van der Waals surface area contributed by atoms with Crippen LogP contribution < -0.4 is 0 Å². The summed E-state index contributed by atoms with van der Waals surface area (Å²) >= 11 is 0. The van der Waals surface area contributed by atoms with E-state index < -0.39 is 0 Å². The molecule has 0 unspecified atom stereocenters. The van der Waals surface area contributed by atoms with Crippen LogP contribution in [0.15, 0.2) is 60.7 Å². The van der Waals surface area contributed by atoms with Gasteiger partial charge in [0.15, 0.2) is 0 Å². The van der Waals surface area contributed by atoms with Crippen molar-refractivity contribution >= 4 is 5.97 Å². The van der Waals surface area contributed by atoms with Crippen molar-refractivity contribution in [2.75, 3.05) is 6.61 Å². The third kappa shape index (κ3) is 6.35. The number of carbonyl (C=O) groups is 1. The average molecular weight is 339 g/mol. The fourth-order valence-corrected chi connectivity index (χ4v) is 2.99. The Morgan fingerprint density at radius 3 is 1.80 bits per heavy atom.